The van der Waals surface area contributed by atoms with E-state index in [2.05, 4.69) is 32.1 Å². The van der Waals surface area contributed by atoms with E-state index in [4.69, 9.17) is 10.8 Å². The van der Waals surface area contributed by atoms with E-state index < -0.39 is 6.09 Å². The second-order valence-electron chi connectivity index (χ2n) is 4.71. The smallest absolute Gasteiger partial charge is 0.410 e. The lowest BCUT2D eigenvalue weighted by atomic mass is 10.2. The Morgan fingerprint density at radius 1 is 1.20 bits per heavy atom. The van der Waals surface area contributed by atoms with Crippen LogP contribution in [-0.2, 0) is 0 Å². The van der Waals surface area contributed by atoms with Gasteiger partial charge < -0.3 is 10.8 Å². The Kier molecular flexibility index (Phi) is 4.54. The molecule has 0 atom stereocenters. The van der Waals surface area contributed by atoms with Gasteiger partial charge in [-0.2, -0.15) is 0 Å². The number of anilines is 2. The van der Waals surface area contributed by atoms with Crippen molar-refractivity contribution in [3.8, 4) is 22.4 Å². The van der Waals surface area contributed by atoms with Gasteiger partial charge in [0.25, 0.3) is 0 Å². The van der Waals surface area contributed by atoms with Gasteiger partial charge >= 0.3 is 6.09 Å². The first-order valence-corrected chi connectivity index (χ1v) is 7.69. The lowest BCUT2D eigenvalue weighted by Crippen LogP contribution is -2.08. The maximum absolute atomic E-state index is 12.9. The van der Waals surface area contributed by atoms with E-state index in [1.165, 1.54) is 48.0 Å². The van der Waals surface area contributed by atoms with Crippen LogP contribution >= 0.6 is 11.3 Å². The van der Waals surface area contributed by atoms with E-state index in [1.54, 1.807) is 0 Å². The normalized spacial score (nSPS) is 9.96. The molecule has 0 bridgehead atoms. The summed E-state index contributed by atoms with van der Waals surface area (Å²) in [7, 11) is 0. The highest BCUT2D eigenvalue weighted by atomic mass is 32.1. The van der Waals surface area contributed by atoms with Gasteiger partial charge in [0.1, 0.15) is 15.7 Å². The quantitative estimate of drug-likeness (QED) is 0.609. The van der Waals surface area contributed by atoms with E-state index in [-0.39, 0.29) is 17.6 Å². The van der Waals surface area contributed by atoms with Gasteiger partial charge in [-0.15, -0.1) is 11.3 Å². The first-order valence-electron chi connectivity index (χ1n) is 6.87. The summed E-state index contributed by atoms with van der Waals surface area (Å²) in [4.78, 5) is 23.3. The average Bonchev–Trinajstić information content (AvgIpc) is 2.97. The molecule has 124 valence electrons. The van der Waals surface area contributed by atoms with Crippen molar-refractivity contribution in [2.24, 2.45) is 0 Å². The largest absolute Gasteiger partial charge is 0.465 e. The topological polar surface area (TPSA) is 114 Å². The molecule has 0 aliphatic carbocycles. The molecule has 9 heteroatoms. The molecule has 3 aromatic rings. The molecule has 0 saturated heterocycles. The van der Waals surface area contributed by atoms with Crippen molar-refractivity contribution in [3.63, 3.8) is 0 Å². The molecule has 2 aromatic heterocycles. The van der Waals surface area contributed by atoms with E-state index in [9.17, 15) is 9.18 Å². The standard InChI is InChI=1S/C16H10FN5O2S/c17-11-4-1-9(2-5-11)3-6-12-13(22-16(23)24)21-14(25-12)10-7-19-15(18)20-8-10/h1-2,4-5,7-8,22H,(H,23,24)(H2,18,19,20). The van der Waals surface area contributed by atoms with Gasteiger partial charge in [0, 0.05) is 23.5 Å². The van der Waals surface area contributed by atoms with Gasteiger partial charge in [0.2, 0.25) is 5.95 Å². The van der Waals surface area contributed by atoms with Gasteiger partial charge in [-0.1, -0.05) is 5.92 Å². The van der Waals surface area contributed by atoms with Gasteiger partial charge in [0.05, 0.1) is 0 Å². The third-order valence-electron chi connectivity index (χ3n) is 2.94. The highest BCUT2D eigenvalue weighted by molar-refractivity contribution is 7.16. The van der Waals surface area contributed by atoms with Gasteiger partial charge in [0.15, 0.2) is 5.82 Å². The molecule has 0 radical (unpaired) electrons. The Morgan fingerprint density at radius 2 is 1.88 bits per heavy atom. The Balaban J connectivity index is 1.98. The molecule has 1 amide bonds. The monoisotopic (exact) mass is 355 g/mol. The molecule has 7 nitrogen and oxygen atoms in total. The predicted molar refractivity (Wildman–Crippen MR) is 91.6 cm³/mol. The second kappa shape index (κ2) is 6.94. The number of halogens is 1. The molecule has 1 aromatic carbocycles. The zero-order valence-electron chi connectivity index (χ0n) is 12.5. The Morgan fingerprint density at radius 3 is 2.52 bits per heavy atom. The minimum Gasteiger partial charge on any atom is -0.465 e. The van der Waals surface area contributed by atoms with Crippen LogP contribution in [0.25, 0.3) is 10.6 Å². The third kappa shape index (κ3) is 4.07. The van der Waals surface area contributed by atoms with Crippen molar-refractivity contribution in [1.29, 1.82) is 0 Å². The van der Waals surface area contributed by atoms with Gasteiger partial charge in [-0.25, -0.2) is 24.1 Å². The van der Waals surface area contributed by atoms with E-state index >= 15 is 0 Å². The molecule has 0 saturated carbocycles. The van der Waals surface area contributed by atoms with Crippen LogP contribution in [-0.4, -0.2) is 26.2 Å². The van der Waals surface area contributed by atoms with Crippen molar-refractivity contribution >= 4 is 29.2 Å². The van der Waals surface area contributed by atoms with Crippen molar-refractivity contribution in [2.45, 2.75) is 0 Å². The number of carboxylic acid groups (broad SMARTS) is 1. The molecule has 0 aliphatic rings. The number of hydrogen-bond acceptors (Lipinski definition) is 6. The minimum atomic E-state index is -1.25. The Bertz CT molecular complexity index is 974. The fraction of sp³-hybridized carbons (Fsp3) is 0. The summed E-state index contributed by atoms with van der Waals surface area (Å²) >= 11 is 1.18. The fourth-order valence-corrected chi connectivity index (χ4v) is 2.67. The summed E-state index contributed by atoms with van der Waals surface area (Å²) in [5, 5.41) is 11.6. The lowest BCUT2D eigenvalue weighted by Gasteiger charge is -1.96. The molecular formula is C16H10FN5O2S. The maximum Gasteiger partial charge on any atom is 0.410 e. The lowest BCUT2D eigenvalue weighted by molar-refractivity contribution is 0.209. The molecule has 0 unspecified atom stereocenters. The number of nitrogens with zero attached hydrogens (tertiary/aromatic N) is 3. The van der Waals surface area contributed by atoms with Crippen LogP contribution in [0, 0.1) is 17.7 Å². The summed E-state index contributed by atoms with van der Waals surface area (Å²) < 4.78 is 12.9. The zero-order chi connectivity index (χ0) is 17.8. The highest BCUT2D eigenvalue weighted by Gasteiger charge is 2.14. The van der Waals surface area contributed by atoms with Crippen LogP contribution in [0.3, 0.4) is 0 Å². The number of thiazole rings is 1. The van der Waals surface area contributed by atoms with Crippen molar-refractivity contribution < 1.29 is 14.3 Å². The van der Waals surface area contributed by atoms with Crippen LogP contribution in [0.4, 0.5) is 21.0 Å². The third-order valence-corrected chi connectivity index (χ3v) is 3.96. The first-order chi connectivity index (χ1) is 12.0. The average molecular weight is 355 g/mol. The molecule has 2 heterocycles. The molecule has 3 rings (SSSR count). The number of nitrogens with one attached hydrogen (secondary N) is 1. The Hall–Kier alpha value is -3.51. The SMILES string of the molecule is Nc1ncc(-c2nc(NC(=O)O)c(C#Cc3ccc(F)cc3)s2)cn1. The highest BCUT2D eigenvalue weighted by Crippen LogP contribution is 2.30. The van der Waals surface area contributed by atoms with Gasteiger partial charge in [-0.3, -0.25) is 5.32 Å². The molecule has 0 aliphatic heterocycles. The van der Waals surface area contributed by atoms with Crippen LogP contribution in [0.2, 0.25) is 0 Å². The number of nitrogens with two attached hydrogens (primary N) is 1. The maximum atomic E-state index is 12.9. The number of hydrogen-bond donors (Lipinski definition) is 3. The minimum absolute atomic E-state index is 0.110. The van der Waals surface area contributed by atoms with Crippen molar-refractivity contribution in [3.05, 3.63) is 52.9 Å². The number of amides is 1. The summed E-state index contributed by atoms with van der Waals surface area (Å²) in [6, 6.07) is 5.65. The van der Waals surface area contributed by atoms with E-state index in [1.807, 2.05) is 0 Å². The number of carbonyl (C=O) groups is 1. The second-order valence-corrected chi connectivity index (χ2v) is 5.71. The summed E-state index contributed by atoms with van der Waals surface area (Å²) in [6.07, 6.45) is 1.72. The summed E-state index contributed by atoms with van der Waals surface area (Å²) in [5.74, 6) is 5.57. The predicted octanol–water partition coefficient (Wildman–Crippen LogP) is 2.81. The molecule has 0 spiro atoms. The molecular weight excluding hydrogens is 345 g/mol. The van der Waals surface area contributed by atoms with Crippen LogP contribution in [0.5, 0.6) is 0 Å². The first kappa shape index (κ1) is 16.4. The number of aromatic nitrogens is 3. The summed E-state index contributed by atoms with van der Waals surface area (Å²) in [6.45, 7) is 0. The zero-order valence-corrected chi connectivity index (χ0v) is 13.3. The molecule has 25 heavy (non-hydrogen) atoms. The van der Waals surface area contributed by atoms with Crippen LogP contribution in [0.1, 0.15) is 10.4 Å². The Labute approximate surface area is 145 Å². The number of nitrogen functional groups attached to an aromatic ring is 1. The van der Waals surface area contributed by atoms with Crippen molar-refractivity contribution in [1.82, 2.24) is 15.0 Å². The number of benzene rings is 1. The fourth-order valence-electron chi connectivity index (χ4n) is 1.82. The van der Waals surface area contributed by atoms with E-state index in [0.717, 1.165) is 0 Å². The van der Waals surface area contributed by atoms with Crippen LogP contribution in [0.15, 0.2) is 36.7 Å². The molecule has 4 N–H and O–H groups in total. The van der Waals surface area contributed by atoms with Crippen LogP contribution < -0.4 is 11.1 Å². The van der Waals surface area contributed by atoms with Gasteiger partial charge in [-0.05, 0) is 30.2 Å². The molecule has 0 fully saturated rings. The number of rotatable bonds is 2. The van der Waals surface area contributed by atoms with Crippen molar-refractivity contribution in [2.75, 3.05) is 11.1 Å². The summed E-state index contributed by atoms with van der Waals surface area (Å²) in [5.41, 5.74) is 6.63. The van der Waals surface area contributed by atoms with E-state index in [0.29, 0.717) is 21.0 Å².